The first-order chi connectivity index (χ1) is 28.4. The van der Waals surface area contributed by atoms with Crippen molar-refractivity contribution < 1.29 is 45.7 Å². The fraction of sp³-hybridized carbons (Fsp3) is 0.317. The van der Waals surface area contributed by atoms with Crippen molar-refractivity contribution in [2.24, 2.45) is 0 Å². The van der Waals surface area contributed by atoms with Gasteiger partial charge >= 0.3 is 12.1 Å². The van der Waals surface area contributed by atoms with Crippen molar-refractivity contribution in [3.63, 3.8) is 0 Å². The van der Waals surface area contributed by atoms with E-state index in [0.717, 1.165) is 30.9 Å². The zero-order valence-corrected chi connectivity index (χ0v) is 33.4. The van der Waals surface area contributed by atoms with Crippen LogP contribution in [0.3, 0.4) is 0 Å². The van der Waals surface area contributed by atoms with Gasteiger partial charge in [-0.2, -0.15) is 22.7 Å². The fourth-order valence-electron chi connectivity index (χ4n) is 7.16. The average Bonchev–Trinajstić information content (AvgIpc) is 3.93. The zero-order valence-electron chi connectivity index (χ0n) is 31.9. The topological polar surface area (TPSA) is 117 Å². The van der Waals surface area contributed by atoms with Crippen LogP contribution in [0.1, 0.15) is 18.2 Å². The molecule has 0 aliphatic carbocycles. The van der Waals surface area contributed by atoms with Crippen LogP contribution in [0.15, 0.2) is 72.1 Å². The minimum Gasteiger partial charge on any atom is -0.491 e. The molecule has 1 aliphatic heterocycles. The standard InChI is InChI=1S/C41H37ClF4N6O6S/c1-4-54-40(53)35(23(2)25-7-5-6-8-28(25)56-20-24-11-12-49-52(24)21-41(44,45)46)58-38-33-32-26-9-10-29(55-18-17-51-15-13-50(3)14-16-51)34(42)31(26)27-19-30(43)57-36(27)37(32)59-39(33)48-22-47-38/h5-12,19,22,35H,2,4,13-18,20-21H2,1,3H3. The predicted octanol–water partition coefficient (Wildman–Crippen LogP) is 8.52. The van der Waals surface area contributed by atoms with Gasteiger partial charge in [-0.15, -0.1) is 11.3 Å². The van der Waals surface area contributed by atoms with Crippen molar-refractivity contribution in [3.05, 3.63) is 89.9 Å². The number of furan rings is 1. The highest BCUT2D eigenvalue weighted by Gasteiger charge is 2.32. The average molecular weight is 853 g/mol. The van der Waals surface area contributed by atoms with Gasteiger partial charge in [0.25, 0.3) is 6.01 Å². The number of esters is 1. The summed E-state index contributed by atoms with van der Waals surface area (Å²) >= 11 is 8.33. The SMILES string of the molecule is C=C(c1ccccc1OCc1ccnn1CC(F)(F)F)C(Oc1ncnc2sc3c4oc(F)cc4c4c(Cl)c(OCCN5CCN(C)CC5)ccc4c3c12)C(=O)OCC. The Hall–Kier alpha value is -5.49. The third-order valence-electron chi connectivity index (χ3n) is 10.1. The van der Waals surface area contributed by atoms with Gasteiger partial charge in [-0.25, -0.2) is 14.8 Å². The third kappa shape index (κ3) is 8.24. The largest absolute Gasteiger partial charge is 0.491 e. The molecule has 0 bridgehead atoms. The fourth-order valence-corrected chi connectivity index (χ4v) is 8.63. The lowest BCUT2D eigenvalue weighted by Gasteiger charge is -2.32. The highest BCUT2D eigenvalue weighted by atomic mass is 35.5. The van der Waals surface area contributed by atoms with Crippen LogP contribution in [-0.4, -0.2) is 101 Å². The van der Waals surface area contributed by atoms with Crippen molar-refractivity contribution >= 4 is 76.5 Å². The Kier molecular flexibility index (Phi) is 11.4. The number of para-hydroxylation sites is 1. The summed E-state index contributed by atoms with van der Waals surface area (Å²) in [5, 5.41) is 6.54. The summed E-state index contributed by atoms with van der Waals surface area (Å²) in [5.74, 6) is -0.157. The number of hydrogen-bond acceptors (Lipinski definition) is 12. The molecule has 1 unspecified atom stereocenters. The summed E-state index contributed by atoms with van der Waals surface area (Å²) in [6.45, 7) is 9.21. The molecule has 0 radical (unpaired) electrons. The van der Waals surface area contributed by atoms with Gasteiger partial charge in [0.05, 0.1) is 27.4 Å². The number of nitrogens with zero attached hydrogens (tertiary/aromatic N) is 6. The van der Waals surface area contributed by atoms with Gasteiger partial charge in [0, 0.05) is 72.3 Å². The van der Waals surface area contributed by atoms with Gasteiger partial charge in [-0.05, 0) is 43.6 Å². The Morgan fingerprint density at radius 3 is 2.59 bits per heavy atom. The number of thiophene rings is 1. The molecule has 1 aliphatic rings. The van der Waals surface area contributed by atoms with E-state index in [-0.39, 0.29) is 46.7 Å². The van der Waals surface area contributed by atoms with E-state index in [0.29, 0.717) is 60.9 Å². The second-order valence-corrected chi connectivity index (χ2v) is 15.3. The van der Waals surface area contributed by atoms with Crippen molar-refractivity contribution in [2.75, 3.05) is 53.0 Å². The van der Waals surface area contributed by atoms with Gasteiger partial charge in [-0.1, -0.05) is 36.4 Å². The Morgan fingerprint density at radius 2 is 1.81 bits per heavy atom. The summed E-state index contributed by atoms with van der Waals surface area (Å²) in [5.41, 5.74) is 0.870. The Bertz CT molecular complexity index is 2690. The van der Waals surface area contributed by atoms with E-state index in [9.17, 15) is 22.4 Å². The van der Waals surface area contributed by atoms with E-state index >= 15 is 0 Å². The van der Waals surface area contributed by atoms with Crippen molar-refractivity contribution in [3.8, 4) is 17.4 Å². The molecule has 59 heavy (non-hydrogen) atoms. The number of carbonyl (C=O) groups is 1. The molecule has 12 nitrogen and oxygen atoms in total. The maximum atomic E-state index is 15.0. The van der Waals surface area contributed by atoms with Crippen molar-refractivity contribution in [1.29, 1.82) is 0 Å². The molecule has 1 saturated heterocycles. The molecule has 3 aromatic carbocycles. The van der Waals surface area contributed by atoms with Crippen LogP contribution < -0.4 is 14.2 Å². The normalized spacial score (nSPS) is 14.7. The number of hydrogen-bond donors (Lipinski definition) is 0. The molecular formula is C41H37ClF4N6O6S. The monoisotopic (exact) mass is 852 g/mol. The number of benzene rings is 3. The number of ether oxygens (including phenoxy) is 4. The molecule has 0 N–H and O–H groups in total. The molecular weight excluding hydrogens is 816 g/mol. The molecule has 18 heteroatoms. The first-order valence-electron chi connectivity index (χ1n) is 18.7. The Morgan fingerprint density at radius 1 is 1.02 bits per heavy atom. The van der Waals surface area contributed by atoms with Gasteiger partial charge in [0.1, 0.15) is 42.4 Å². The summed E-state index contributed by atoms with van der Waals surface area (Å²) in [6.07, 6.45) is -3.44. The van der Waals surface area contributed by atoms with Crippen LogP contribution in [-0.2, 0) is 22.7 Å². The maximum absolute atomic E-state index is 15.0. The van der Waals surface area contributed by atoms with Crippen LogP contribution in [0, 0.1) is 6.01 Å². The van der Waals surface area contributed by atoms with Gasteiger partial charge in [-0.3, -0.25) is 9.58 Å². The summed E-state index contributed by atoms with van der Waals surface area (Å²) in [6, 6.07) is 12.1. The summed E-state index contributed by atoms with van der Waals surface area (Å²) < 4.78 is 85.6. The maximum Gasteiger partial charge on any atom is 0.408 e. The van der Waals surface area contributed by atoms with E-state index < -0.39 is 30.8 Å². The van der Waals surface area contributed by atoms with Crippen LogP contribution >= 0.6 is 22.9 Å². The Labute approximate surface area is 343 Å². The predicted molar refractivity (Wildman–Crippen MR) is 216 cm³/mol. The highest BCUT2D eigenvalue weighted by Crippen LogP contribution is 2.49. The van der Waals surface area contributed by atoms with E-state index in [4.69, 9.17) is 35.0 Å². The minimum atomic E-state index is -4.49. The number of rotatable bonds is 14. The molecule has 0 saturated carbocycles. The number of likely N-dealkylation sites (N-methyl/N-ethyl adjacent to an activating group) is 1. The lowest BCUT2D eigenvalue weighted by atomic mass is 10.00. The van der Waals surface area contributed by atoms with Crippen LogP contribution in [0.25, 0.3) is 47.6 Å². The molecule has 8 rings (SSSR count). The Balaban J connectivity index is 1.16. The first-order valence-corrected chi connectivity index (χ1v) is 19.9. The van der Waals surface area contributed by atoms with E-state index in [1.807, 2.05) is 6.07 Å². The molecule has 4 aromatic heterocycles. The molecule has 1 fully saturated rings. The van der Waals surface area contributed by atoms with Crippen LogP contribution in [0.4, 0.5) is 17.6 Å². The first kappa shape index (κ1) is 40.3. The van der Waals surface area contributed by atoms with E-state index in [1.165, 1.54) is 36.0 Å². The number of fused-ring (bicyclic) bond motifs is 8. The number of alkyl halides is 3. The van der Waals surface area contributed by atoms with Gasteiger partial charge in [0.15, 0.2) is 5.58 Å². The minimum absolute atomic E-state index is 0.00814. The van der Waals surface area contributed by atoms with E-state index in [2.05, 4.69) is 38.5 Å². The number of carbonyl (C=O) groups excluding carboxylic acids is 1. The summed E-state index contributed by atoms with van der Waals surface area (Å²) in [4.78, 5) is 27.7. The molecule has 0 amide bonds. The van der Waals surface area contributed by atoms with Crippen LogP contribution in [0.5, 0.6) is 17.4 Å². The molecule has 7 aromatic rings. The molecule has 1 atom stereocenters. The molecule has 0 spiro atoms. The number of aromatic nitrogens is 4. The molecule has 308 valence electrons. The zero-order chi connectivity index (χ0) is 41.4. The second-order valence-electron chi connectivity index (χ2n) is 13.9. The van der Waals surface area contributed by atoms with Crippen molar-refractivity contribution in [2.45, 2.75) is 32.4 Å². The summed E-state index contributed by atoms with van der Waals surface area (Å²) in [7, 11) is 2.10. The van der Waals surface area contributed by atoms with Gasteiger partial charge in [0.2, 0.25) is 12.0 Å². The van der Waals surface area contributed by atoms with E-state index in [1.54, 1.807) is 37.3 Å². The number of halogens is 5. The quantitative estimate of drug-likeness (QED) is 0.0775. The lowest BCUT2D eigenvalue weighted by molar-refractivity contribution is -0.148. The number of piperazine rings is 1. The third-order valence-corrected chi connectivity index (χ3v) is 11.5. The highest BCUT2D eigenvalue weighted by molar-refractivity contribution is 7.26. The second kappa shape index (κ2) is 16.6. The van der Waals surface area contributed by atoms with Gasteiger partial charge < -0.3 is 28.3 Å². The lowest BCUT2D eigenvalue weighted by Crippen LogP contribution is -2.45. The van der Waals surface area contributed by atoms with Crippen LogP contribution in [0.2, 0.25) is 5.02 Å². The molecule has 5 heterocycles. The smallest absolute Gasteiger partial charge is 0.408 e. The van der Waals surface area contributed by atoms with Crippen molar-refractivity contribution in [1.82, 2.24) is 29.5 Å².